The van der Waals surface area contributed by atoms with E-state index in [9.17, 15) is 0 Å². The molecular formula is C13H12N4O3S. The number of nitrogens with zero attached hydrogens (tertiary/aromatic N) is 4. The summed E-state index contributed by atoms with van der Waals surface area (Å²) in [5.74, 6) is 2.78. The highest BCUT2D eigenvalue weighted by Gasteiger charge is 2.30. The lowest BCUT2D eigenvalue weighted by atomic mass is 10.4. The van der Waals surface area contributed by atoms with Gasteiger partial charge in [-0.15, -0.1) is 10.2 Å². The van der Waals surface area contributed by atoms with Crippen LogP contribution in [0.25, 0.3) is 11.7 Å². The van der Waals surface area contributed by atoms with Crippen molar-refractivity contribution in [3.63, 3.8) is 0 Å². The van der Waals surface area contributed by atoms with Gasteiger partial charge in [-0.2, -0.15) is 4.98 Å². The molecule has 1 saturated carbocycles. The molecule has 0 bridgehead atoms. The summed E-state index contributed by atoms with van der Waals surface area (Å²) in [6.07, 6.45) is 3.86. The number of thioether (sulfide) groups is 1. The fourth-order valence-electron chi connectivity index (χ4n) is 1.88. The zero-order chi connectivity index (χ0) is 14.2. The molecule has 0 spiro atoms. The first-order chi connectivity index (χ1) is 10.3. The van der Waals surface area contributed by atoms with Gasteiger partial charge >= 0.3 is 0 Å². The van der Waals surface area contributed by atoms with Crippen molar-refractivity contribution in [2.24, 2.45) is 0 Å². The van der Waals surface area contributed by atoms with Crippen molar-refractivity contribution in [3.05, 3.63) is 30.1 Å². The van der Waals surface area contributed by atoms with E-state index in [2.05, 4.69) is 20.3 Å². The van der Waals surface area contributed by atoms with Crippen LogP contribution in [-0.2, 0) is 0 Å². The van der Waals surface area contributed by atoms with Gasteiger partial charge in [-0.3, -0.25) is 0 Å². The second-order valence-electron chi connectivity index (χ2n) is 4.88. The monoisotopic (exact) mass is 304 g/mol. The summed E-state index contributed by atoms with van der Waals surface area (Å²) in [5, 5.41) is 12.3. The number of hydrogen-bond donors (Lipinski definition) is 0. The first kappa shape index (κ1) is 12.6. The molecular weight excluding hydrogens is 292 g/mol. The first-order valence-electron chi connectivity index (χ1n) is 6.67. The van der Waals surface area contributed by atoms with E-state index >= 15 is 0 Å². The van der Waals surface area contributed by atoms with Gasteiger partial charge in [0.2, 0.25) is 5.89 Å². The molecule has 1 atom stereocenters. The standard InChI is InChI=1S/C13H12N4O3S/c1-7(11-14-10(17-20-11)8-4-5-8)21-13-16-15-12(19-13)9-3-2-6-18-9/h2-3,6-8H,4-5H2,1H3/t7-/m0/s1. The van der Waals surface area contributed by atoms with Crippen molar-refractivity contribution in [2.75, 3.05) is 0 Å². The number of rotatable bonds is 5. The van der Waals surface area contributed by atoms with Gasteiger partial charge in [-0.05, 0) is 31.9 Å². The third kappa shape index (κ3) is 2.58. The molecule has 0 amide bonds. The van der Waals surface area contributed by atoms with E-state index in [1.54, 1.807) is 18.4 Å². The van der Waals surface area contributed by atoms with E-state index in [-0.39, 0.29) is 5.25 Å². The average molecular weight is 304 g/mol. The summed E-state index contributed by atoms with van der Waals surface area (Å²) < 4.78 is 16.0. The number of furan rings is 1. The lowest BCUT2D eigenvalue weighted by Gasteiger charge is -2.00. The van der Waals surface area contributed by atoms with E-state index in [1.807, 2.05) is 6.92 Å². The van der Waals surface area contributed by atoms with Crippen LogP contribution in [0.15, 0.2) is 37.0 Å². The fourth-order valence-corrected chi connectivity index (χ4v) is 2.59. The van der Waals surface area contributed by atoms with Crippen molar-refractivity contribution < 1.29 is 13.4 Å². The predicted molar refractivity (Wildman–Crippen MR) is 72.5 cm³/mol. The van der Waals surface area contributed by atoms with Crippen LogP contribution in [0.5, 0.6) is 0 Å². The van der Waals surface area contributed by atoms with E-state index in [1.165, 1.54) is 11.8 Å². The van der Waals surface area contributed by atoms with Gasteiger partial charge in [0.15, 0.2) is 11.6 Å². The molecule has 4 rings (SSSR count). The Morgan fingerprint density at radius 3 is 3.00 bits per heavy atom. The Kier molecular flexibility index (Phi) is 3.03. The second-order valence-corrected chi connectivity index (χ2v) is 6.17. The Hall–Kier alpha value is -2.09. The average Bonchev–Trinajstić information content (AvgIpc) is 2.95. The molecule has 3 aromatic heterocycles. The van der Waals surface area contributed by atoms with Crippen LogP contribution in [0.3, 0.4) is 0 Å². The Labute approximate surface area is 124 Å². The minimum absolute atomic E-state index is 0.0464. The summed E-state index contributed by atoms with van der Waals surface area (Å²) in [7, 11) is 0. The van der Waals surface area contributed by atoms with Crippen molar-refractivity contribution in [1.29, 1.82) is 0 Å². The van der Waals surface area contributed by atoms with Crippen LogP contribution in [0.1, 0.15) is 42.6 Å². The molecule has 0 unspecified atom stereocenters. The second kappa shape index (κ2) is 5.03. The van der Waals surface area contributed by atoms with Crippen LogP contribution in [0.4, 0.5) is 0 Å². The molecule has 108 valence electrons. The molecule has 21 heavy (non-hydrogen) atoms. The summed E-state index contributed by atoms with van der Waals surface area (Å²) in [4.78, 5) is 4.42. The molecule has 0 radical (unpaired) electrons. The molecule has 7 nitrogen and oxygen atoms in total. The number of aromatic nitrogens is 4. The third-order valence-corrected chi connectivity index (χ3v) is 4.09. The highest BCUT2D eigenvalue weighted by Crippen LogP contribution is 2.40. The van der Waals surface area contributed by atoms with Gasteiger partial charge in [0.05, 0.1) is 11.5 Å². The Morgan fingerprint density at radius 2 is 2.24 bits per heavy atom. The van der Waals surface area contributed by atoms with Crippen LogP contribution in [0.2, 0.25) is 0 Å². The summed E-state index contributed by atoms with van der Waals surface area (Å²) in [6, 6.07) is 3.54. The minimum atomic E-state index is -0.0464. The Morgan fingerprint density at radius 1 is 1.33 bits per heavy atom. The SMILES string of the molecule is C[C@H](Sc1nnc(-c2ccco2)o1)c1nc(C2CC2)no1. The topological polar surface area (TPSA) is 91.0 Å². The van der Waals surface area contributed by atoms with E-state index in [4.69, 9.17) is 13.4 Å². The molecule has 0 aromatic carbocycles. The first-order valence-corrected chi connectivity index (χ1v) is 7.55. The smallest absolute Gasteiger partial charge is 0.284 e. The summed E-state index contributed by atoms with van der Waals surface area (Å²) in [5.41, 5.74) is 0. The quantitative estimate of drug-likeness (QED) is 0.662. The van der Waals surface area contributed by atoms with Gasteiger partial charge in [-0.1, -0.05) is 16.9 Å². The van der Waals surface area contributed by atoms with Gasteiger partial charge < -0.3 is 13.4 Å². The normalized spacial score (nSPS) is 16.2. The van der Waals surface area contributed by atoms with Crippen LogP contribution < -0.4 is 0 Å². The molecule has 1 fully saturated rings. The zero-order valence-electron chi connectivity index (χ0n) is 11.2. The summed E-state index contributed by atoms with van der Waals surface area (Å²) in [6.45, 7) is 1.96. The Balaban J connectivity index is 1.47. The van der Waals surface area contributed by atoms with Gasteiger partial charge in [0, 0.05) is 5.92 Å². The van der Waals surface area contributed by atoms with E-state index in [0.29, 0.717) is 28.7 Å². The van der Waals surface area contributed by atoms with Gasteiger partial charge in [0.25, 0.3) is 11.1 Å². The summed E-state index contributed by atoms with van der Waals surface area (Å²) >= 11 is 1.38. The maximum Gasteiger partial charge on any atom is 0.284 e. The zero-order valence-corrected chi connectivity index (χ0v) is 12.0. The van der Waals surface area contributed by atoms with Gasteiger partial charge in [-0.25, -0.2) is 0 Å². The Bertz CT molecular complexity index is 732. The molecule has 0 saturated heterocycles. The van der Waals surface area contributed by atoms with Crippen LogP contribution in [0, 0.1) is 0 Å². The third-order valence-electron chi connectivity index (χ3n) is 3.16. The lowest BCUT2D eigenvalue weighted by molar-refractivity contribution is 0.373. The lowest BCUT2D eigenvalue weighted by Crippen LogP contribution is -1.90. The van der Waals surface area contributed by atoms with Gasteiger partial charge in [0.1, 0.15) is 0 Å². The highest BCUT2D eigenvalue weighted by molar-refractivity contribution is 7.99. The molecule has 1 aliphatic rings. The molecule has 0 N–H and O–H groups in total. The predicted octanol–water partition coefficient (Wildman–Crippen LogP) is 3.44. The van der Waals surface area contributed by atoms with Crippen molar-refractivity contribution in [1.82, 2.24) is 20.3 Å². The minimum Gasteiger partial charge on any atom is -0.459 e. The van der Waals surface area contributed by atoms with Crippen molar-refractivity contribution in [3.8, 4) is 11.7 Å². The van der Waals surface area contributed by atoms with Crippen LogP contribution >= 0.6 is 11.8 Å². The maximum absolute atomic E-state index is 5.54. The fraction of sp³-hybridized carbons (Fsp3) is 0.385. The highest BCUT2D eigenvalue weighted by atomic mass is 32.2. The molecule has 8 heteroatoms. The largest absolute Gasteiger partial charge is 0.459 e. The van der Waals surface area contributed by atoms with E-state index < -0.39 is 0 Å². The molecule has 3 aromatic rings. The molecule has 1 aliphatic carbocycles. The van der Waals surface area contributed by atoms with Crippen molar-refractivity contribution in [2.45, 2.75) is 36.2 Å². The van der Waals surface area contributed by atoms with Crippen LogP contribution in [-0.4, -0.2) is 20.3 Å². The van der Waals surface area contributed by atoms with Crippen molar-refractivity contribution >= 4 is 11.8 Å². The number of hydrogen-bond acceptors (Lipinski definition) is 8. The maximum atomic E-state index is 5.54. The molecule has 3 heterocycles. The van der Waals surface area contributed by atoms with E-state index in [0.717, 1.165) is 18.7 Å². The molecule has 0 aliphatic heterocycles.